The van der Waals surface area contributed by atoms with Crippen molar-refractivity contribution < 1.29 is 4.79 Å². The third-order valence-corrected chi connectivity index (χ3v) is 4.15. The van der Waals surface area contributed by atoms with Crippen LogP contribution in [0.15, 0.2) is 60.7 Å². The molecule has 0 spiro atoms. The topological polar surface area (TPSA) is 46.9 Å². The number of rotatable bonds is 6. The highest BCUT2D eigenvalue weighted by Crippen LogP contribution is 2.22. The van der Waals surface area contributed by atoms with E-state index in [0.717, 1.165) is 29.8 Å². The highest BCUT2D eigenvalue weighted by molar-refractivity contribution is 6.30. The van der Waals surface area contributed by atoms with Crippen molar-refractivity contribution >= 4 is 17.5 Å². The van der Waals surface area contributed by atoms with Crippen molar-refractivity contribution in [3.05, 3.63) is 71.4 Å². The van der Waals surface area contributed by atoms with Gasteiger partial charge in [-0.1, -0.05) is 55.3 Å². The summed E-state index contributed by atoms with van der Waals surface area (Å²) >= 11 is 5.98. The van der Waals surface area contributed by atoms with Crippen molar-refractivity contribution in [2.45, 2.75) is 19.8 Å². The molecule has 0 saturated heterocycles. The molecule has 0 saturated carbocycles. The highest BCUT2D eigenvalue weighted by atomic mass is 35.5. The van der Waals surface area contributed by atoms with Crippen LogP contribution in [-0.4, -0.2) is 22.2 Å². The molecule has 2 aromatic carbocycles. The number of nitrogens with one attached hydrogen (secondary N) is 1. The molecule has 0 aliphatic rings. The van der Waals surface area contributed by atoms with Gasteiger partial charge in [0.2, 0.25) is 0 Å². The van der Waals surface area contributed by atoms with Gasteiger partial charge in [0.25, 0.3) is 5.91 Å². The molecular formula is C20H20ClN3O. The van der Waals surface area contributed by atoms with E-state index in [4.69, 9.17) is 11.6 Å². The average Bonchev–Trinajstić information content (AvgIpc) is 3.09. The number of hydrogen-bond donors (Lipinski definition) is 1. The van der Waals surface area contributed by atoms with E-state index in [9.17, 15) is 4.79 Å². The maximum atomic E-state index is 12.6. The number of benzene rings is 2. The zero-order chi connectivity index (χ0) is 17.6. The average molecular weight is 354 g/mol. The van der Waals surface area contributed by atoms with E-state index in [-0.39, 0.29) is 5.91 Å². The van der Waals surface area contributed by atoms with Crippen LogP contribution >= 0.6 is 11.6 Å². The zero-order valence-electron chi connectivity index (χ0n) is 14.1. The van der Waals surface area contributed by atoms with Gasteiger partial charge in [0.1, 0.15) is 5.69 Å². The maximum Gasteiger partial charge on any atom is 0.270 e. The van der Waals surface area contributed by atoms with Gasteiger partial charge in [0, 0.05) is 17.1 Å². The minimum Gasteiger partial charge on any atom is -0.351 e. The van der Waals surface area contributed by atoms with Crippen molar-refractivity contribution in [2.24, 2.45) is 0 Å². The molecule has 4 nitrogen and oxygen atoms in total. The Bertz CT molecular complexity index is 841. The van der Waals surface area contributed by atoms with Crippen molar-refractivity contribution in [3.8, 4) is 16.9 Å². The second kappa shape index (κ2) is 7.99. The maximum absolute atomic E-state index is 12.6. The number of halogens is 1. The summed E-state index contributed by atoms with van der Waals surface area (Å²) in [5, 5.41) is 8.25. The number of amides is 1. The summed E-state index contributed by atoms with van der Waals surface area (Å²) in [6, 6.07) is 18.9. The Hall–Kier alpha value is -2.59. The first kappa shape index (κ1) is 17.2. The Kier molecular flexibility index (Phi) is 5.51. The molecule has 0 radical (unpaired) electrons. The van der Waals surface area contributed by atoms with Crippen molar-refractivity contribution in [2.75, 3.05) is 6.54 Å². The quantitative estimate of drug-likeness (QED) is 0.651. The lowest BCUT2D eigenvalue weighted by molar-refractivity contribution is 0.0945. The van der Waals surface area contributed by atoms with E-state index in [2.05, 4.69) is 17.3 Å². The van der Waals surface area contributed by atoms with Crippen molar-refractivity contribution in [3.63, 3.8) is 0 Å². The third-order valence-electron chi connectivity index (χ3n) is 3.90. The fraction of sp³-hybridized carbons (Fsp3) is 0.200. The first-order valence-electron chi connectivity index (χ1n) is 8.38. The second-order valence-electron chi connectivity index (χ2n) is 5.78. The third kappa shape index (κ3) is 4.09. The zero-order valence-corrected chi connectivity index (χ0v) is 14.8. The minimum absolute atomic E-state index is 0.127. The number of aromatic nitrogens is 2. The first-order valence-corrected chi connectivity index (χ1v) is 8.76. The largest absolute Gasteiger partial charge is 0.351 e. The molecule has 0 aliphatic carbocycles. The highest BCUT2D eigenvalue weighted by Gasteiger charge is 2.17. The molecule has 1 amide bonds. The van der Waals surface area contributed by atoms with E-state index >= 15 is 0 Å². The Labute approximate surface area is 152 Å². The molecule has 1 heterocycles. The van der Waals surface area contributed by atoms with E-state index in [0.29, 0.717) is 17.3 Å². The standard InChI is InChI=1S/C20H20ClN3O/c1-2-3-13-22-20(25)19-14-18(15-7-5-4-6-8-15)23-24(19)17-11-9-16(21)10-12-17/h4-12,14H,2-3,13H2,1H3,(H,22,25). The second-order valence-corrected chi connectivity index (χ2v) is 6.21. The van der Waals surface area contributed by atoms with Gasteiger partial charge in [0.15, 0.2) is 0 Å². The molecule has 0 aliphatic heterocycles. The predicted molar refractivity (Wildman–Crippen MR) is 101 cm³/mol. The summed E-state index contributed by atoms with van der Waals surface area (Å²) in [6.45, 7) is 2.75. The van der Waals surface area contributed by atoms with E-state index in [1.54, 1.807) is 16.8 Å². The molecule has 0 unspecified atom stereocenters. The first-order chi connectivity index (χ1) is 12.2. The molecule has 1 aromatic heterocycles. The van der Waals surface area contributed by atoms with Gasteiger partial charge in [-0.2, -0.15) is 5.10 Å². The van der Waals surface area contributed by atoms with Crippen LogP contribution in [0.25, 0.3) is 16.9 Å². The lowest BCUT2D eigenvalue weighted by Crippen LogP contribution is -2.26. The van der Waals surface area contributed by atoms with Gasteiger partial charge < -0.3 is 5.32 Å². The van der Waals surface area contributed by atoms with Crippen molar-refractivity contribution in [1.82, 2.24) is 15.1 Å². The van der Waals surface area contributed by atoms with Crippen LogP contribution in [0.3, 0.4) is 0 Å². The number of carbonyl (C=O) groups is 1. The number of unbranched alkanes of at least 4 members (excludes halogenated alkanes) is 1. The smallest absolute Gasteiger partial charge is 0.270 e. The molecule has 128 valence electrons. The van der Waals surface area contributed by atoms with Gasteiger partial charge in [-0.3, -0.25) is 4.79 Å². The van der Waals surface area contributed by atoms with Crippen LogP contribution in [0.1, 0.15) is 30.3 Å². The van der Waals surface area contributed by atoms with Gasteiger partial charge in [0.05, 0.1) is 11.4 Å². The summed E-state index contributed by atoms with van der Waals surface area (Å²) in [4.78, 5) is 12.6. The Morgan fingerprint density at radius 2 is 1.84 bits per heavy atom. The van der Waals surface area contributed by atoms with Crippen LogP contribution < -0.4 is 5.32 Å². The van der Waals surface area contributed by atoms with Crippen molar-refractivity contribution in [1.29, 1.82) is 0 Å². The van der Waals surface area contributed by atoms with Gasteiger partial charge in [-0.15, -0.1) is 0 Å². The SMILES string of the molecule is CCCCNC(=O)c1cc(-c2ccccc2)nn1-c1ccc(Cl)cc1. The Morgan fingerprint density at radius 1 is 1.12 bits per heavy atom. The summed E-state index contributed by atoms with van der Waals surface area (Å²) < 4.78 is 1.67. The molecule has 0 atom stereocenters. The fourth-order valence-electron chi connectivity index (χ4n) is 2.54. The van der Waals surface area contributed by atoms with E-state index in [1.165, 1.54) is 0 Å². The van der Waals surface area contributed by atoms with Crippen LogP contribution in [0.2, 0.25) is 5.02 Å². The Morgan fingerprint density at radius 3 is 2.52 bits per heavy atom. The van der Waals surface area contributed by atoms with Gasteiger partial charge in [-0.05, 0) is 36.8 Å². The molecule has 0 fully saturated rings. The normalized spacial score (nSPS) is 10.6. The van der Waals surface area contributed by atoms with E-state index < -0.39 is 0 Å². The van der Waals surface area contributed by atoms with Gasteiger partial charge >= 0.3 is 0 Å². The van der Waals surface area contributed by atoms with E-state index in [1.807, 2.05) is 48.5 Å². The molecule has 5 heteroatoms. The summed E-state index contributed by atoms with van der Waals surface area (Å²) in [6.07, 6.45) is 1.98. The summed E-state index contributed by atoms with van der Waals surface area (Å²) in [7, 11) is 0. The van der Waals surface area contributed by atoms with Crippen LogP contribution in [0, 0.1) is 0 Å². The minimum atomic E-state index is -0.127. The monoisotopic (exact) mass is 353 g/mol. The molecule has 25 heavy (non-hydrogen) atoms. The predicted octanol–water partition coefficient (Wildman–Crippen LogP) is 4.72. The van der Waals surface area contributed by atoms with Crippen LogP contribution in [0.4, 0.5) is 0 Å². The molecule has 3 rings (SSSR count). The molecule has 3 aromatic rings. The summed E-state index contributed by atoms with van der Waals surface area (Å²) in [5.41, 5.74) is 3.04. The number of carbonyl (C=O) groups excluding carboxylic acids is 1. The molecule has 1 N–H and O–H groups in total. The van der Waals surface area contributed by atoms with Crippen LogP contribution in [-0.2, 0) is 0 Å². The van der Waals surface area contributed by atoms with Gasteiger partial charge in [-0.25, -0.2) is 4.68 Å². The lowest BCUT2D eigenvalue weighted by Gasteiger charge is -2.08. The number of nitrogens with zero attached hydrogens (tertiary/aromatic N) is 2. The number of hydrogen-bond acceptors (Lipinski definition) is 2. The summed E-state index contributed by atoms with van der Waals surface area (Å²) in [5.74, 6) is -0.127. The molecule has 0 bridgehead atoms. The van der Waals surface area contributed by atoms with Crippen LogP contribution in [0.5, 0.6) is 0 Å². The molecular weight excluding hydrogens is 334 g/mol. The Balaban J connectivity index is 2.00. The lowest BCUT2D eigenvalue weighted by atomic mass is 10.1. The fourth-order valence-corrected chi connectivity index (χ4v) is 2.67.